The van der Waals surface area contributed by atoms with Crippen molar-refractivity contribution in [3.05, 3.63) is 35.9 Å². The van der Waals surface area contributed by atoms with Crippen LogP contribution in [-0.2, 0) is 25.6 Å². The van der Waals surface area contributed by atoms with Crippen molar-refractivity contribution in [2.45, 2.75) is 50.8 Å². The third-order valence-corrected chi connectivity index (χ3v) is 4.91. The molecule has 2 aliphatic rings. The predicted molar refractivity (Wildman–Crippen MR) is 99.5 cm³/mol. The average molecular weight is 419 g/mol. The highest BCUT2D eigenvalue weighted by Gasteiger charge is 2.42. The largest absolute Gasteiger partial charge is 0.490 e. The lowest BCUT2D eigenvalue weighted by molar-refractivity contribution is -0.192. The molecule has 1 aromatic carbocycles. The van der Waals surface area contributed by atoms with E-state index in [1.165, 1.54) is 12.0 Å². The summed E-state index contributed by atoms with van der Waals surface area (Å²) in [5, 5.41) is 7.12. The number of morpholine rings is 1. The average Bonchev–Trinajstić information content (AvgIpc) is 3.10. The van der Waals surface area contributed by atoms with Gasteiger partial charge < -0.3 is 19.3 Å². The third kappa shape index (κ3) is 7.58. The summed E-state index contributed by atoms with van der Waals surface area (Å²) in [4.78, 5) is 11.4. The first-order valence-corrected chi connectivity index (χ1v) is 9.72. The van der Waals surface area contributed by atoms with Crippen LogP contribution in [0.5, 0.6) is 0 Å². The van der Waals surface area contributed by atoms with Crippen LogP contribution < -0.4 is 0 Å². The number of carbonyl (C=O) groups is 1. The fraction of sp³-hybridized carbons (Fsp3) is 0.650. The first kappa shape index (κ1) is 23.6. The zero-order valence-corrected chi connectivity index (χ0v) is 16.4. The molecule has 1 aromatic rings. The molecule has 6 nitrogen and oxygen atoms in total. The lowest BCUT2D eigenvalue weighted by Crippen LogP contribution is -2.52. The lowest BCUT2D eigenvalue weighted by Gasteiger charge is -2.38. The normalized spacial score (nSPS) is 24.5. The van der Waals surface area contributed by atoms with Crippen LogP contribution in [0.15, 0.2) is 30.3 Å². The number of fused-ring (bicyclic) bond motifs is 1. The maximum atomic E-state index is 10.6. The molecule has 0 unspecified atom stereocenters. The zero-order chi connectivity index (χ0) is 21.3. The molecule has 9 heteroatoms. The SMILES string of the molecule is CCO[C@H]1CC[C@H]2[C@H]1OCCN2CCOCc1ccccc1.O=C(O)C(F)(F)F. The summed E-state index contributed by atoms with van der Waals surface area (Å²) in [6, 6.07) is 10.9. The van der Waals surface area contributed by atoms with E-state index in [1.54, 1.807) is 0 Å². The molecule has 1 N–H and O–H groups in total. The van der Waals surface area contributed by atoms with Gasteiger partial charge in [-0.2, -0.15) is 13.2 Å². The Labute approximate surface area is 168 Å². The van der Waals surface area contributed by atoms with Crippen molar-refractivity contribution >= 4 is 5.97 Å². The molecule has 1 aliphatic carbocycles. The molecule has 0 radical (unpaired) electrons. The van der Waals surface area contributed by atoms with E-state index in [9.17, 15) is 13.2 Å². The third-order valence-electron chi connectivity index (χ3n) is 4.91. The highest BCUT2D eigenvalue weighted by molar-refractivity contribution is 5.73. The molecule has 0 bridgehead atoms. The van der Waals surface area contributed by atoms with Crippen molar-refractivity contribution in [2.24, 2.45) is 0 Å². The molecule has 29 heavy (non-hydrogen) atoms. The van der Waals surface area contributed by atoms with Gasteiger partial charge in [0.05, 0.1) is 32.0 Å². The maximum Gasteiger partial charge on any atom is 0.490 e. The molecule has 3 rings (SSSR count). The van der Waals surface area contributed by atoms with E-state index < -0.39 is 12.1 Å². The van der Waals surface area contributed by atoms with Gasteiger partial charge in [0.15, 0.2) is 0 Å². The van der Waals surface area contributed by atoms with Gasteiger partial charge in [0.2, 0.25) is 0 Å². The summed E-state index contributed by atoms with van der Waals surface area (Å²) in [6.07, 6.45) is -2.26. The van der Waals surface area contributed by atoms with Crippen molar-refractivity contribution in [2.75, 3.05) is 32.9 Å². The molecule has 1 saturated carbocycles. The number of hydrogen-bond donors (Lipinski definition) is 1. The van der Waals surface area contributed by atoms with E-state index in [2.05, 4.69) is 36.1 Å². The standard InChI is InChI=1S/C18H27NO3.C2HF3O2/c1-2-21-17-9-8-16-18(17)22-13-11-19(16)10-12-20-14-15-6-4-3-5-7-15;3-2(4,5)1(6)7/h3-7,16-18H,2,8-14H2,1H3;(H,6,7)/t16-,17-,18+;/m0./s1. The summed E-state index contributed by atoms with van der Waals surface area (Å²) in [5.41, 5.74) is 1.24. The summed E-state index contributed by atoms with van der Waals surface area (Å²) >= 11 is 0. The molecule has 1 aliphatic heterocycles. The summed E-state index contributed by atoms with van der Waals surface area (Å²) in [5.74, 6) is -2.76. The minimum atomic E-state index is -5.08. The van der Waals surface area contributed by atoms with Gasteiger partial charge in [0.25, 0.3) is 0 Å². The molecule has 0 spiro atoms. The van der Waals surface area contributed by atoms with Crippen LogP contribution in [0.25, 0.3) is 0 Å². The Morgan fingerprint density at radius 2 is 1.97 bits per heavy atom. The molecule has 3 atom stereocenters. The van der Waals surface area contributed by atoms with E-state index in [-0.39, 0.29) is 12.2 Å². The van der Waals surface area contributed by atoms with Gasteiger partial charge in [-0.3, -0.25) is 4.90 Å². The number of nitrogens with zero attached hydrogens (tertiary/aromatic N) is 1. The first-order chi connectivity index (χ1) is 13.8. The topological polar surface area (TPSA) is 68.2 Å². The zero-order valence-electron chi connectivity index (χ0n) is 16.4. The van der Waals surface area contributed by atoms with Gasteiger partial charge in [0.1, 0.15) is 0 Å². The van der Waals surface area contributed by atoms with Crippen molar-refractivity contribution in [3.63, 3.8) is 0 Å². The molecule has 1 heterocycles. The first-order valence-electron chi connectivity index (χ1n) is 9.72. The van der Waals surface area contributed by atoms with Crippen LogP contribution in [0.3, 0.4) is 0 Å². The summed E-state index contributed by atoms with van der Waals surface area (Å²) in [7, 11) is 0. The smallest absolute Gasteiger partial charge is 0.475 e. The molecular weight excluding hydrogens is 391 g/mol. The van der Waals surface area contributed by atoms with Gasteiger partial charge in [-0.1, -0.05) is 30.3 Å². The number of rotatable bonds is 7. The second-order valence-corrected chi connectivity index (χ2v) is 6.85. The minimum absolute atomic E-state index is 0.253. The Kier molecular flexibility index (Phi) is 9.35. The van der Waals surface area contributed by atoms with E-state index in [1.807, 2.05) is 6.07 Å². The van der Waals surface area contributed by atoms with Gasteiger partial charge in [-0.25, -0.2) is 4.79 Å². The van der Waals surface area contributed by atoms with Crippen molar-refractivity contribution in [3.8, 4) is 0 Å². The summed E-state index contributed by atoms with van der Waals surface area (Å²) in [6.45, 7) is 7.11. The van der Waals surface area contributed by atoms with Gasteiger partial charge >= 0.3 is 12.1 Å². The molecule has 164 valence electrons. The van der Waals surface area contributed by atoms with Gasteiger partial charge in [0, 0.05) is 25.7 Å². The van der Waals surface area contributed by atoms with Crippen molar-refractivity contribution in [1.82, 2.24) is 4.90 Å². The van der Waals surface area contributed by atoms with Crippen LogP contribution in [0.4, 0.5) is 13.2 Å². The van der Waals surface area contributed by atoms with E-state index in [0.717, 1.165) is 39.3 Å². The Morgan fingerprint density at radius 1 is 1.28 bits per heavy atom. The second-order valence-electron chi connectivity index (χ2n) is 6.85. The number of carboxylic acids is 1. The van der Waals surface area contributed by atoms with Crippen molar-refractivity contribution < 1.29 is 37.3 Å². The lowest BCUT2D eigenvalue weighted by atomic mass is 10.1. The van der Waals surface area contributed by atoms with Crippen LogP contribution >= 0.6 is 0 Å². The second kappa shape index (κ2) is 11.5. The fourth-order valence-electron chi connectivity index (χ4n) is 3.61. The van der Waals surface area contributed by atoms with Gasteiger partial charge in [-0.05, 0) is 25.3 Å². The van der Waals surface area contributed by atoms with Crippen LogP contribution in [-0.4, -0.2) is 73.3 Å². The van der Waals surface area contributed by atoms with Crippen LogP contribution in [0.1, 0.15) is 25.3 Å². The summed E-state index contributed by atoms with van der Waals surface area (Å²) < 4.78 is 49.4. The number of hydrogen-bond acceptors (Lipinski definition) is 5. The monoisotopic (exact) mass is 419 g/mol. The molecule has 0 amide bonds. The number of alkyl halides is 3. The Morgan fingerprint density at radius 3 is 2.59 bits per heavy atom. The number of ether oxygens (including phenoxy) is 3. The Balaban J connectivity index is 0.000000370. The maximum absolute atomic E-state index is 10.6. The van der Waals surface area contributed by atoms with Gasteiger partial charge in [-0.15, -0.1) is 0 Å². The minimum Gasteiger partial charge on any atom is -0.475 e. The van der Waals surface area contributed by atoms with E-state index in [4.69, 9.17) is 24.1 Å². The quantitative estimate of drug-likeness (QED) is 0.685. The van der Waals surface area contributed by atoms with Crippen LogP contribution in [0, 0.1) is 0 Å². The van der Waals surface area contributed by atoms with Crippen LogP contribution in [0.2, 0.25) is 0 Å². The molecule has 2 fully saturated rings. The van der Waals surface area contributed by atoms with E-state index in [0.29, 0.717) is 12.6 Å². The Bertz CT molecular complexity index is 614. The highest BCUT2D eigenvalue weighted by atomic mass is 19.4. The highest BCUT2D eigenvalue weighted by Crippen LogP contribution is 2.31. The number of halogens is 3. The molecular formula is C20H28F3NO5. The molecule has 1 saturated heterocycles. The predicted octanol–water partition coefficient (Wildman–Crippen LogP) is 3.10. The number of carboxylic acid groups (broad SMARTS) is 1. The number of aliphatic carboxylic acids is 1. The molecule has 0 aromatic heterocycles. The Hall–Kier alpha value is -1.68. The van der Waals surface area contributed by atoms with Crippen molar-refractivity contribution in [1.29, 1.82) is 0 Å². The fourth-order valence-corrected chi connectivity index (χ4v) is 3.61. The van der Waals surface area contributed by atoms with E-state index >= 15 is 0 Å². The number of benzene rings is 1.